The number of nitrogen functional groups attached to an aromatic ring is 1. The molecular weight excluding hydrogens is 471 g/mol. The molecule has 8 nitrogen and oxygen atoms in total. The quantitative estimate of drug-likeness (QED) is 0.427. The van der Waals surface area contributed by atoms with Crippen LogP contribution in [0.3, 0.4) is 0 Å². The van der Waals surface area contributed by atoms with Crippen LogP contribution in [0.1, 0.15) is 31.7 Å². The average Bonchev–Trinajstić information content (AvgIpc) is 3.12. The summed E-state index contributed by atoms with van der Waals surface area (Å²) in [4.78, 5) is 25.7. The third-order valence-corrected chi connectivity index (χ3v) is 5.70. The van der Waals surface area contributed by atoms with Gasteiger partial charge in [-0.25, -0.2) is 15.0 Å². The highest BCUT2D eigenvalue weighted by molar-refractivity contribution is 14.1. The molecule has 28 heavy (non-hydrogen) atoms. The van der Waals surface area contributed by atoms with E-state index in [4.69, 9.17) is 10.5 Å². The lowest BCUT2D eigenvalue weighted by atomic mass is 9.85. The Balaban J connectivity index is 1.42. The van der Waals surface area contributed by atoms with Gasteiger partial charge in [-0.15, -0.1) is 0 Å². The van der Waals surface area contributed by atoms with E-state index in [1.165, 1.54) is 0 Å². The number of halogens is 1. The minimum atomic E-state index is -0.00271. The number of nitrogens with zero attached hydrogens (tertiary/aromatic N) is 4. The molecule has 0 aliphatic heterocycles. The maximum absolute atomic E-state index is 12.7. The van der Waals surface area contributed by atoms with Gasteiger partial charge in [-0.05, 0) is 37.8 Å². The van der Waals surface area contributed by atoms with Crippen LogP contribution in [-0.4, -0.2) is 32.5 Å². The summed E-state index contributed by atoms with van der Waals surface area (Å²) in [5, 5.41) is 3.00. The Morgan fingerprint density at radius 3 is 2.82 bits per heavy atom. The van der Waals surface area contributed by atoms with E-state index in [-0.39, 0.29) is 17.9 Å². The van der Waals surface area contributed by atoms with Gasteiger partial charge in [0.25, 0.3) is 0 Å². The van der Waals surface area contributed by atoms with Gasteiger partial charge < -0.3 is 20.4 Å². The number of aromatic nitrogens is 4. The van der Waals surface area contributed by atoms with Crippen LogP contribution in [0, 0.1) is 9.75 Å². The van der Waals surface area contributed by atoms with Crippen LogP contribution in [0.15, 0.2) is 30.6 Å². The molecule has 1 aliphatic rings. The van der Waals surface area contributed by atoms with Crippen LogP contribution in [0.2, 0.25) is 0 Å². The first-order chi connectivity index (χ1) is 13.5. The number of nitrogens with one attached hydrogen (secondary N) is 1. The van der Waals surface area contributed by atoms with Gasteiger partial charge in [-0.1, -0.05) is 6.07 Å². The summed E-state index contributed by atoms with van der Waals surface area (Å²) in [5.41, 5.74) is 8.12. The Labute approximate surface area is 176 Å². The predicted octanol–water partition coefficient (Wildman–Crippen LogP) is 3.39. The number of nitrogens with two attached hydrogens (primary N) is 1. The van der Waals surface area contributed by atoms with E-state index in [9.17, 15) is 4.79 Å². The van der Waals surface area contributed by atoms with E-state index in [0.29, 0.717) is 15.2 Å². The molecule has 0 atom stereocenters. The van der Waals surface area contributed by atoms with Crippen LogP contribution < -0.4 is 15.8 Å². The second-order valence-electron chi connectivity index (χ2n) is 6.93. The maximum Gasteiger partial charge on any atom is 0.227 e. The third kappa shape index (κ3) is 3.75. The molecule has 0 bridgehead atoms. The number of methoxy groups -OCH3 is 1. The lowest BCUT2D eigenvalue weighted by Crippen LogP contribution is -2.28. The van der Waals surface area contributed by atoms with E-state index in [2.05, 4.69) is 47.4 Å². The number of ether oxygens (including phenoxy) is 1. The maximum atomic E-state index is 12.7. The minimum Gasteiger partial charge on any atom is -0.497 e. The average molecular weight is 492 g/mol. The standard InChI is InChI=1S/C19H21IN6O2/c1-28-14-4-2-3-12(9-14)23-18(27)11-5-7-13(8-6-11)26-10-22-15-16(21)24-19(20)25-17(15)26/h2-4,9-11,13H,5-8H2,1H3,(H,23,27)(H2,21,24,25)/t11-,13+. The van der Waals surface area contributed by atoms with Gasteiger partial charge in [-0.2, -0.15) is 0 Å². The van der Waals surface area contributed by atoms with Crippen LogP contribution in [0.5, 0.6) is 5.75 Å². The molecule has 9 heteroatoms. The number of fused-ring (bicyclic) bond motifs is 1. The molecule has 1 aromatic carbocycles. The molecule has 0 unspecified atom stereocenters. The van der Waals surface area contributed by atoms with Crippen LogP contribution in [0.25, 0.3) is 11.2 Å². The molecule has 1 aliphatic carbocycles. The van der Waals surface area contributed by atoms with Gasteiger partial charge in [0.2, 0.25) is 5.91 Å². The van der Waals surface area contributed by atoms with Crippen molar-refractivity contribution in [3.63, 3.8) is 0 Å². The topological polar surface area (TPSA) is 108 Å². The van der Waals surface area contributed by atoms with Gasteiger partial charge >= 0.3 is 0 Å². The van der Waals surface area contributed by atoms with Crippen molar-refractivity contribution in [2.24, 2.45) is 5.92 Å². The molecule has 3 aromatic rings. The van der Waals surface area contributed by atoms with Crippen molar-refractivity contribution in [2.75, 3.05) is 18.2 Å². The summed E-state index contributed by atoms with van der Waals surface area (Å²) in [6, 6.07) is 7.68. The summed E-state index contributed by atoms with van der Waals surface area (Å²) < 4.78 is 7.89. The van der Waals surface area contributed by atoms with E-state index >= 15 is 0 Å². The van der Waals surface area contributed by atoms with Crippen molar-refractivity contribution in [3.8, 4) is 5.75 Å². The van der Waals surface area contributed by atoms with Gasteiger partial charge in [0, 0.05) is 46.3 Å². The van der Waals surface area contributed by atoms with Gasteiger partial charge in [-0.3, -0.25) is 4.79 Å². The van der Waals surface area contributed by atoms with Gasteiger partial charge in [0.05, 0.1) is 13.4 Å². The van der Waals surface area contributed by atoms with Crippen molar-refractivity contribution in [1.29, 1.82) is 0 Å². The van der Waals surface area contributed by atoms with Crippen molar-refractivity contribution in [1.82, 2.24) is 19.5 Å². The number of amides is 1. The highest BCUT2D eigenvalue weighted by Crippen LogP contribution is 2.35. The summed E-state index contributed by atoms with van der Waals surface area (Å²) >= 11 is 2.06. The Hall–Kier alpha value is -2.43. The van der Waals surface area contributed by atoms with E-state index in [0.717, 1.165) is 42.8 Å². The SMILES string of the molecule is COc1cccc(NC(=O)[C@H]2CC[C@@H](n3cnc4c(N)nc(I)nc43)CC2)c1. The summed E-state index contributed by atoms with van der Waals surface area (Å²) in [7, 11) is 1.61. The Bertz CT molecular complexity index is 1010. The zero-order chi connectivity index (χ0) is 19.7. The third-order valence-electron chi connectivity index (χ3n) is 5.22. The summed E-state index contributed by atoms with van der Waals surface area (Å²) in [6.07, 6.45) is 5.20. The second kappa shape index (κ2) is 7.90. The molecule has 1 fully saturated rings. The molecular formula is C19H21IN6O2. The smallest absolute Gasteiger partial charge is 0.227 e. The first-order valence-electron chi connectivity index (χ1n) is 9.15. The van der Waals surface area contributed by atoms with Crippen molar-refractivity contribution in [3.05, 3.63) is 34.4 Å². The Kier molecular flexibility index (Phi) is 5.33. The lowest BCUT2D eigenvalue weighted by molar-refractivity contribution is -0.120. The molecule has 1 amide bonds. The molecule has 146 valence electrons. The second-order valence-corrected chi connectivity index (χ2v) is 7.89. The Morgan fingerprint density at radius 2 is 2.07 bits per heavy atom. The molecule has 0 radical (unpaired) electrons. The molecule has 0 spiro atoms. The van der Waals surface area contributed by atoms with Gasteiger partial charge in [0.15, 0.2) is 15.3 Å². The number of benzene rings is 1. The fourth-order valence-electron chi connectivity index (χ4n) is 3.74. The zero-order valence-corrected chi connectivity index (χ0v) is 17.6. The van der Waals surface area contributed by atoms with Crippen molar-refractivity contribution in [2.45, 2.75) is 31.7 Å². The number of imidazole rings is 1. The predicted molar refractivity (Wildman–Crippen MR) is 115 cm³/mol. The number of rotatable bonds is 4. The summed E-state index contributed by atoms with van der Waals surface area (Å²) in [6.45, 7) is 0. The minimum absolute atomic E-state index is 0.00271. The van der Waals surface area contributed by atoms with E-state index < -0.39 is 0 Å². The molecule has 4 rings (SSSR count). The monoisotopic (exact) mass is 492 g/mol. The number of hydrogen-bond donors (Lipinski definition) is 2. The molecule has 3 N–H and O–H groups in total. The van der Waals surface area contributed by atoms with Crippen LogP contribution in [0.4, 0.5) is 11.5 Å². The number of hydrogen-bond acceptors (Lipinski definition) is 6. The first-order valence-corrected chi connectivity index (χ1v) is 10.2. The fourth-order valence-corrected chi connectivity index (χ4v) is 4.23. The van der Waals surface area contributed by atoms with Crippen molar-refractivity contribution >= 4 is 51.2 Å². The van der Waals surface area contributed by atoms with Gasteiger partial charge in [0.1, 0.15) is 11.3 Å². The van der Waals surface area contributed by atoms with Crippen molar-refractivity contribution < 1.29 is 9.53 Å². The zero-order valence-electron chi connectivity index (χ0n) is 15.4. The highest BCUT2D eigenvalue weighted by atomic mass is 127. The normalized spacial score (nSPS) is 19.5. The molecule has 1 saturated carbocycles. The Morgan fingerprint density at radius 1 is 1.29 bits per heavy atom. The van der Waals surface area contributed by atoms with E-state index in [1.807, 2.05) is 24.3 Å². The van der Waals surface area contributed by atoms with Crippen LogP contribution in [-0.2, 0) is 4.79 Å². The molecule has 0 saturated heterocycles. The van der Waals surface area contributed by atoms with Crippen LogP contribution >= 0.6 is 22.6 Å². The summed E-state index contributed by atoms with van der Waals surface area (Å²) in [5.74, 6) is 1.18. The molecule has 2 heterocycles. The largest absolute Gasteiger partial charge is 0.497 e. The number of carbonyl (C=O) groups is 1. The fraction of sp³-hybridized carbons (Fsp3) is 0.368. The first kappa shape index (κ1) is 18.9. The lowest BCUT2D eigenvalue weighted by Gasteiger charge is -2.28. The highest BCUT2D eigenvalue weighted by Gasteiger charge is 2.28. The number of anilines is 2. The molecule has 2 aromatic heterocycles. The number of carbonyl (C=O) groups excluding carboxylic acids is 1. The van der Waals surface area contributed by atoms with E-state index in [1.54, 1.807) is 13.4 Å².